The molecule has 3 aromatic carbocycles. The van der Waals surface area contributed by atoms with Crippen LogP contribution in [-0.2, 0) is 0 Å². The summed E-state index contributed by atoms with van der Waals surface area (Å²) in [7, 11) is 0. The highest BCUT2D eigenvalue weighted by molar-refractivity contribution is 9.10. The second-order valence-electron chi connectivity index (χ2n) is 5.82. The fraction of sp³-hybridized carbons (Fsp3) is 0.0476. The van der Waals surface area contributed by atoms with Crippen molar-refractivity contribution < 1.29 is 9.59 Å². The molecule has 0 aromatic heterocycles. The minimum atomic E-state index is -0.188. The van der Waals surface area contributed by atoms with Gasteiger partial charge in [0.05, 0.1) is 0 Å². The Hall–Kier alpha value is -2.92. The number of anilines is 2. The van der Waals surface area contributed by atoms with Gasteiger partial charge in [-0.05, 0) is 61.0 Å². The van der Waals surface area contributed by atoms with Gasteiger partial charge in [-0.25, -0.2) is 0 Å². The van der Waals surface area contributed by atoms with E-state index in [4.69, 9.17) is 0 Å². The van der Waals surface area contributed by atoms with Crippen molar-refractivity contribution >= 4 is 39.1 Å². The first kappa shape index (κ1) is 17.9. The van der Waals surface area contributed by atoms with Crippen molar-refractivity contribution in [3.05, 3.63) is 94.0 Å². The van der Waals surface area contributed by atoms with E-state index < -0.39 is 0 Å². The average Bonchev–Trinajstić information content (AvgIpc) is 2.66. The molecule has 0 aliphatic carbocycles. The number of nitrogens with one attached hydrogen (secondary N) is 2. The van der Waals surface area contributed by atoms with E-state index in [2.05, 4.69) is 26.6 Å². The third kappa shape index (κ3) is 4.37. The molecule has 0 atom stereocenters. The van der Waals surface area contributed by atoms with Crippen molar-refractivity contribution in [3.8, 4) is 0 Å². The lowest BCUT2D eigenvalue weighted by atomic mass is 10.1. The van der Waals surface area contributed by atoms with E-state index in [1.54, 1.807) is 48.5 Å². The van der Waals surface area contributed by atoms with Crippen LogP contribution in [0.4, 0.5) is 11.4 Å². The van der Waals surface area contributed by atoms with Crippen LogP contribution >= 0.6 is 15.9 Å². The van der Waals surface area contributed by atoms with E-state index in [1.165, 1.54) is 0 Å². The van der Waals surface area contributed by atoms with Crippen LogP contribution in [0.3, 0.4) is 0 Å². The molecule has 0 saturated carbocycles. The van der Waals surface area contributed by atoms with Crippen molar-refractivity contribution in [1.82, 2.24) is 0 Å². The van der Waals surface area contributed by atoms with E-state index in [0.717, 1.165) is 10.0 Å². The summed E-state index contributed by atoms with van der Waals surface area (Å²) in [6.45, 7) is 1.97. The van der Waals surface area contributed by atoms with Crippen LogP contribution < -0.4 is 10.6 Å². The molecule has 4 nitrogen and oxygen atoms in total. The molecule has 0 aliphatic rings. The fourth-order valence-corrected chi connectivity index (χ4v) is 2.75. The van der Waals surface area contributed by atoms with Crippen molar-refractivity contribution in [1.29, 1.82) is 0 Å². The van der Waals surface area contributed by atoms with Crippen LogP contribution in [0.1, 0.15) is 26.3 Å². The number of aryl methyl sites for hydroxylation is 1. The van der Waals surface area contributed by atoms with Gasteiger partial charge >= 0.3 is 0 Å². The van der Waals surface area contributed by atoms with Gasteiger partial charge in [-0.1, -0.05) is 40.2 Å². The number of carbonyl (C=O) groups is 2. The van der Waals surface area contributed by atoms with Gasteiger partial charge in [0.1, 0.15) is 0 Å². The van der Waals surface area contributed by atoms with Gasteiger partial charge in [0.25, 0.3) is 11.8 Å². The maximum absolute atomic E-state index is 12.3. The lowest BCUT2D eigenvalue weighted by molar-refractivity contribution is 0.101. The Morgan fingerprint density at radius 2 is 1.27 bits per heavy atom. The molecule has 0 heterocycles. The predicted octanol–water partition coefficient (Wildman–Crippen LogP) is 5.26. The van der Waals surface area contributed by atoms with E-state index >= 15 is 0 Å². The Labute approximate surface area is 160 Å². The Morgan fingerprint density at radius 1 is 0.731 bits per heavy atom. The highest BCUT2D eigenvalue weighted by Crippen LogP contribution is 2.19. The summed E-state index contributed by atoms with van der Waals surface area (Å²) in [6.07, 6.45) is 0. The van der Waals surface area contributed by atoms with Gasteiger partial charge in [0.2, 0.25) is 0 Å². The summed E-state index contributed by atoms with van der Waals surface area (Å²) >= 11 is 3.43. The Kier molecular flexibility index (Phi) is 5.49. The number of hydrogen-bond donors (Lipinski definition) is 2. The quantitative estimate of drug-likeness (QED) is 0.618. The normalized spacial score (nSPS) is 10.2. The zero-order valence-corrected chi connectivity index (χ0v) is 15.7. The van der Waals surface area contributed by atoms with Gasteiger partial charge in [-0.15, -0.1) is 0 Å². The number of rotatable bonds is 4. The summed E-state index contributed by atoms with van der Waals surface area (Å²) in [5.41, 5.74) is 3.55. The lowest BCUT2D eigenvalue weighted by Gasteiger charge is -2.09. The first-order valence-corrected chi connectivity index (χ1v) is 8.86. The minimum Gasteiger partial charge on any atom is -0.322 e. The predicted molar refractivity (Wildman–Crippen MR) is 108 cm³/mol. The molecular weight excluding hydrogens is 392 g/mol. The molecule has 0 fully saturated rings. The third-order valence-electron chi connectivity index (χ3n) is 3.87. The van der Waals surface area contributed by atoms with Gasteiger partial charge in [-0.3, -0.25) is 9.59 Å². The summed E-state index contributed by atoms with van der Waals surface area (Å²) in [5, 5.41) is 5.67. The molecular formula is C21H17BrN2O2. The number of hydrogen-bond acceptors (Lipinski definition) is 2. The third-order valence-corrected chi connectivity index (χ3v) is 4.72. The highest BCUT2D eigenvalue weighted by atomic mass is 79.9. The largest absolute Gasteiger partial charge is 0.322 e. The molecule has 0 unspecified atom stereocenters. The lowest BCUT2D eigenvalue weighted by Crippen LogP contribution is -2.13. The number of benzene rings is 3. The Bertz CT molecular complexity index is 938. The summed E-state index contributed by atoms with van der Waals surface area (Å²) in [6, 6.07) is 21.5. The molecule has 5 heteroatoms. The SMILES string of the molecule is Cc1ccc(C(=O)Nc2ccc(NC(=O)c3ccccc3)cc2)cc1Br. The van der Waals surface area contributed by atoms with Crippen LogP contribution in [0.25, 0.3) is 0 Å². The topological polar surface area (TPSA) is 58.2 Å². The maximum Gasteiger partial charge on any atom is 0.255 e. The van der Waals surface area contributed by atoms with E-state index in [1.807, 2.05) is 31.2 Å². The second kappa shape index (κ2) is 7.97. The molecule has 130 valence electrons. The average molecular weight is 409 g/mol. The van der Waals surface area contributed by atoms with Crippen LogP contribution in [0.5, 0.6) is 0 Å². The number of carbonyl (C=O) groups excluding carboxylic acids is 2. The smallest absolute Gasteiger partial charge is 0.255 e. The zero-order chi connectivity index (χ0) is 18.5. The Morgan fingerprint density at radius 3 is 1.81 bits per heavy atom. The molecule has 2 N–H and O–H groups in total. The highest BCUT2D eigenvalue weighted by Gasteiger charge is 2.09. The molecule has 26 heavy (non-hydrogen) atoms. The molecule has 3 aromatic rings. The van der Waals surface area contributed by atoms with Crippen molar-refractivity contribution in [2.45, 2.75) is 6.92 Å². The number of amides is 2. The molecule has 0 bridgehead atoms. The Balaban J connectivity index is 1.65. The van der Waals surface area contributed by atoms with Gasteiger partial charge in [0.15, 0.2) is 0 Å². The van der Waals surface area contributed by atoms with Gasteiger partial charge in [-0.2, -0.15) is 0 Å². The van der Waals surface area contributed by atoms with Crippen molar-refractivity contribution in [3.63, 3.8) is 0 Å². The molecule has 2 amide bonds. The summed E-state index contributed by atoms with van der Waals surface area (Å²) < 4.78 is 0.893. The van der Waals surface area contributed by atoms with Crippen molar-refractivity contribution in [2.75, 3.05) is 10.6 Å². The van der Waals surface area contributed by atoms with E-state index in [0.29, 0.717) is 22.5 Å². The van der Waals surface area contributed by atoms with Crippen molar-refractivity contribution in [2.24, 2.45) is 0 Å². The first-order valence-electron chi connectivity index (χ1n) is 8.07. The molecule has 3 rings (SSSR count). The fourth-order valence-electron chi connectivity index (χ4n) is 2.37. The minimum absolute atomic E-state index is 0.174. The van der Waals surface area contributed by atoms with Gasteiger partial charge < -0.3 is 10.6 Å². The molecule has 0 saturated heterocycles. The zero-order valence-electron chi connectivity index (χ0n) is 14.1. The molecule has 0 aliphatic heterocycles. The van der Waals surface area contributed by atoms with E-state index in [-0.39, 0.29) is 11.8 Å². The van der Waals surface area contributed by atoms with Crippen LogP contribution in [0.2, 0.25) is 0 Å². The molecule has 0 spiro atoms. The summed E-state index contributed by atoms with van der Waals surface area (Å²) in [5.74, 6) is -0.362. The van der Waals surface area contributed by atoms with Gasteiger partial charge in [0, 0.05) is 27.0 Å². The van der Waals surface area contributed by atoms with Crippen LogP contribution in [0, 0.1) is 6.92 Å². The van der Waals surface area contributed by atoms with E-state index in [9.17, 15) is 9.59 Å². The standard InChI is InChI=1S/C21H17BrN2O2/c1-14-7-8-16(13-19(14)22)21(26)24-18-11-9-17(10-12-18)23-20(25)15-5-3-2-4-6-15/h2-13H,1H3,(H,23,25)(H,24,26). The number of halogens is 1. The summed E-state index contributed by atoms with van der Waals surface area (Å²) in [4.78, 5) is 24.5. The van der Waals surface area contributed by atoms with Crippen LogP contribution in [-0.4, -0.2) is 11.8 Å². The monoisotopic (exact) mass is 408 g/mol. The van der Waals surface area contributed by atoms with Crippen LogP contribution in [0.15, 0.2) is 77.3 Å². The second-order valence-corrected chi connectivity index (χ2v) is 6.67. The molecule has 0 radical (unpaired) electrons. The first-order chi connectivity index (χ1) is 12.5. The maximum atomic E-state index is 12.3.